The van der Waals surface area contributed by atoms with Gasteiger partial charge in [0.2, 0.25) is 6.39 Å². The highest BCUT2D eigenvalue weighted by Crippen LogP contribution is 2.41. The van der Waals surface area contributed by atoms with Crippen molar-refractivity contribution < 1.29 is 23.9 Å². The van der Waals surface area contributed by atoms with Gasteiger partial charge >= 0.3 is 12.0 Å². The molecule has 0 bridgehead atoms. The summed E-state index contributed by atoms with van der Waals surface area (Å²) in [4.78, 5) is 37.9. The van der Waals surface area contributed by atoms with E-state index in [-0.39, 0.29) is 5.70 Å². The van der Waals surface area contributed by atoms with Gasteiger partial charge in [-0.25, -0.2) is 9.59 Å². The molecule has 0 spiro atoms. The third kappa shape index (κ3) is 4.14. The Morgan fingerprint density at radius 2 is 2.13 bits per heavy atom. The summed E-state index contributed by atoms with van der Waals surface area (Å²) in [5.74, 6) is -0.897. The molecule has 0 saturated carbocycles. The van der Waals surface area contributed by atoms with Gasteiger partial charge in [0.05, 0.1) is 0 Å². The van der Waals surface area contributed by atoms with Crippen molar-refractivity contribution in [2.24, 2.45) is 0 Å². The summed E-state index contributed by atoms with van der Waals surface area (Å²) in [6, 6.07) is 8.13. The van der Waals surface area contributed by atoms with Gasteiger partial charge in [-0.3, -0.25) is 9.69 Å². The fourth-order valence-corrected chi connectivity index (χ4v) is 5.37. The first-order valence-electron chi connectivity index (χ1n) is 8.92. The first-order valence-corrected chi connectivity index (χ1v) is 11.0. The number of hydrogen-bond acceptors (Lipinski definition) is 8. The first kappa shape index (κ1) is 20.3. The summed E-state index contributed by atoms with van der Waals surface area (Å²) in [5, 5.41) is 22.2. The molecule has 30 heavy (non-hydrogen) atoms. The minimum atomic E-state index is -1.18. The number of aromatic nitrogens is 2. The highest BCUT2D eigenvalue weighted by atomic mass is 32.2. The molecule has 0 radical (unpaired) electrons. The molecular weight excluding hydrogens is 430 g/mol. The van der Waals surface area contributed by atoms with Crippen LogP contribution in [0.3, 0.4) is 0 Å². The summed E-state index contributed by atoms with van der Waals surface area (Å²) in [6.07, 6.45) is 1.19. The molecule has 2 aliphatic heterocycles. The fraction of sp³-hybridized carbons (Fsp3) is 0.278. The monoisotopic (exact) mass is 447 g/mol. The van der Waals surface area contributed by atoms with E-state index in [4.69, 9.17) is 4.42 Å². The molecule has 1 fully saturated rings. The lowest BCUT2D eigenvalue weighted by atomic mass is 10.0. The van der Waals surface area contributed by atoms with Gasteiger partial charge in [0, 0.05) is 18.1 Å². The predicted molar refractivity (Wildman–Crippen MR) is 108 cm³/mol. The maximum atomic E-state index is 12.6. The molecule has 3 N–H and O–H groups in total. The number of amides is 3. The Kier molecular flexibility index (Phi) is 5.95. The Bertz CT molecular complexity index is 982. The Morgan fingerprint density at radius 3 is 2.83 bits per heavy atom. The molecule has 156 valence electrons. The molecule has 1 aromatic carbocycles. The maximum absolute atomic E-state index is 12.6. The fourth-order valence-electron chi connectivity index (χ4n) is 3.14. The van der Waals surface area contributed by atoms with E-state index < -0.39 is 29.3 Å². The van der Waals surface area contributed by atoms with Gasteiger partial charge in [0.25, 0.3) is 11.1 Å². The Balaban J connectivity index is 1.38. The third-order valence-corrected chi connectivity index (χ3v) is 6.80. The lowest BCUT2D eigenvalue weighted by molar-refractivity contribution is -0.148. The van der Waals surface area contributed by atoms with Crippen LogP contribution >= 0.6 is 23.5 Å². The summed E-state index contributed by atoms with van der Waals surface area (Å²) >= 11 is 2.62. The van der Waals surface area contributed by atoms with E-state index in [9.17, 15) is 19.5 Å². The molecule has 1 aromatic heterocycles. The van der Waals surface area contributed by atoms with Crippen molar-refractivity contribution in [3.05, 3.63) is 53.6 Å². The van der Waals surface area contributed by atoms with Crippen molar-refractivity contribution in [2.45, 2.75) is 23.2 Å². The van der Waals surface area contributed by atoms with Crippen LogP contribution < -0.4 is 10.6 Å². The van der Waals surface area contributed by atoms with E-state index in [0.29, 0.717) is 28.8 Å². The number of carbonyl (C=O) groups is 3. The molecule has 2 aliphatic rings. The highest BCUT2D eigenvalue weighted by molar-refractivity contribution is 8.01. The Morgan fingerprint density at radius 1 is 1.33 bits per heavy atom. The van der Waals surface area contributed by atoms with Crippen molar-refractivity contribution in [3.63, 3.8) is 0 Å². The summed E-state index contributed by atoms with van der Waals surface area (Å²) in [6.45, 7) is 0.326. The summed E-state index contributed by atoms with van der Waals surface area (Å²) < 4.78 is 5.05. The highest BCUT2D eigenvalue weighted by Gasteiger charge is 2.54. The van der Waals surface area contributed by atoms with Crippen LogP contribution in [0.25, 0.3) is 0 Å². The normalized spacial score (nSPS) is 20.4. The van der Waals surface area contributed by atoms with Crippen LogP contribution in [0.2, 0.25) is 0 Å². The molecular formula is C18H17N5O5S2. The second-order valence-electron chi connectivity index (χ2n) is 6.45. The number of rotatable bonds is 7. The smallest absolute Gasteiger partial charge is 0.352 e. The number of urea groups is 1. The van der Waals surface area contributed by atoms with Crippen LogP contribution in [0, 0.1) is 0 Å². The number of carbonyl (C=O) groups excluding carboxylic acids is 2. The zero-order valence-electron chi connectivity index (χ0n) is 15.5. The van der Waals surface area contributed by atoms with Crippen molar-refractivity contribution in [3.8, 4) is 0 Å². The number of nitrogens with zero attached hydrogens (tertiary/aromatic N) is 3. The van der Waals surface area contributed by atoms with Gasteiger partial charge in [0.1, 0.15) is 17.1 Å². The number of benzene rings is 1. The van der Waals surface area contributed by atoms with Crippen LogP contribution in [0.4, 0.5) is 4.79 Å². The number of aliphatic carboxylic acids is 1. The van der Waals surface area contributed by atoms with Gasteiger partial charge in [-0.1, -0.05) is 42.1 Å². The molecule has 4 rings (SSSR count). The van der Waals surface area contributed by atoms with Crippen molar-refractivity contribution in [1.29, 1.82) is 0 Å². The summed E-state index contributed by atoms with van der Waals surface area (Å²) in [7, 11) is 0. The van der Waals surface area contributed by atoms with Crippen molar-refractivity contribution in [1.82, 2.24) is 25.7 Å². The van der Waals surface area contributed by atoms with Crippen molar-refractivity contribution >= 4 is 41.4 Å². The molecule has 3 amide bonds. The Labute approximate surface area is 179 Å². The van der Waals surface area contributed by atoms with Gasteiger partial charge < -0.3 is 20.2 Å². The lowest BCUT2D eigenvalue weighted by Gasteiger charge is -2.49. The topological polar surface area (TPSA) is 138 Å². The molecule has 10 nitrogen and oxygen atoms in total. The average Bonchev–Trinajstić information content (AvgIpc) is 3.28. The molecule has 12 heteroatoms. The Hall–Kier alpha value is -2.99. The molecule has 3 heterocycles. The third-order valence-electron chi connectivity index (χ3n) is 4.54. The number of carboxylic acid groups (broad SMARTS) is 1. The first-order chi connectivity index (χ1) is 14.5. The predicted octanol–water partition coefficient (Wildman–Crippen LogP) is 1.28. The SMILES string of the molecule is O=C(NCc1ccccc1)NC1C(=O)N2C(C(=O)O)=C(CSc3nnco3)CS[C@@H]12. The van der Waals surface area contributed by atoms with Crippen LogP contribution in [0.15, 0.2) is 57.6 Å². The number of nitrogens with one attached hydrogen (secondary N) is 2. The van der Waals surface area contributed by atoms with E-state index in [2.05, 4.69) is 20.8 Å². The van der Waals surface area contributed by atoms with Gasteiger partial charge in [0.15, 0.2) is 0 Å². The minimum Gasteiger partial charge on any atom is -0.477 e. The second-order valence-corrected chi connectivity index (χ2v) is 8.48. The molecule has 1 saturated heterocycles. The van der Waals surface area contributed by atoms with Crippen LogP contribution in [-0.4, -0.2) is 61.0 Å². The number of hydrogen-bond donors (Lipinski definition) is 3. The number of β-lactam (4-membered cyclic amide) rings is 1. The number of thioether (sulfide) groups is 2. The van der Waals surface area contributed by atoms with E-state index in [0.717, 1.165) is 5.56 Å². The van der Waals surface area contributed by atoms with Gasteiger partial charge in [-0.05, 0) is 11.1 Å². The van der Waals surface area contributed by atoms with Crippen LogP contribution in [0.5, 0.6) is 0 Å². The lowest BCUT2D eigenvalue weighted by Crippen LogP contribution is -2.71. The summed E-state index contributed by atoms with van der Waals surface area (Å²) in [5.41, 5.74) is 1.48. The number of carboxylic acids is 1. The largest absolute Gasteiger partial charge is 0.477 e. The van der Waals surface area contributed by atoms with E-state index in [1.54, 1.807) is 0 Å². The van der Waals surface area contributed by atoms with Crippen LogP contribution in [-0.2, 0) is 16.1 Å². The maximum Gasteiger partial charge on any atom is 0.352 e. The molecule has 2 atom stereocenters. The number of fused-ring (bicyclic) bond motifs is 1. The molecule has 2 aromatic rings. The van der Waals surface area contributed by atoms with Crippen LogP contribution in [0.1, 0.15) is 5.56 Å². The minimum absolute atomic E-state index is 0.0430. The zero-order valence-corrected chi connectivity index (χ0v) is 17.1. The van der Waals surface area contributed by atoms with E-state index in [1.165, 1.54) is 34.8 Å². The van der Waals surface area contributed by atoms with Gasteiger partial charge in [-0.2, -0.15) is 0 Å². The standard InChI is InChI=1S/C18H17N5O5S2/c24-14-12(21-17(27)19-6-10-4-2-1-3-5-10)15-23(14)13(16(25)26)11(7-29-15)8-30-18-22-20-9-28-18/h1-5,9,12,15H,6-8H2,(H,25,26)(H2,19,21,27)/t12?,15-/m0/s1. The zero-order chi connectivity index (χ0) is 21.1. The second kappa shape index (κ2) is 8.79. The quantitative estimate of drug-likeness (QED) is 0.423. The average molecular weight is 447 g/mol. The van der Waals surface area contributed by atoms with E-state index >= 15 is 0 Å². The van der Waals surface area contributed by atoms with Gasteiger partial charge in [-0.15, -0.1) is 22.0 Å². The molecule has 0 aliphatic carbocycles. The molecule has 1 unspecified atom stereocenters. The van der Waals surface area contributed by atoms with E-state index in [1.807, 2.05) is 30.3 Å². The van der Waals surface area contributed by atoms with Crippen molar-refractivity contribution in [2.75, 3.05) is 11.5 Å².